The molecule has 0 radical (unpaired) electrons. The number of nitrogens with zero attached hydrogens (tertiary/aromatic N) is 2. The van der Waals surface area contributed by atoms with E-state index in [9.17, 15) is 24.0 Å². The van der Waals surface area contributed by atoms with Gasteiger partial charge in [-0.2, -0.15) is 0 Å². The molecule has 4 rings (SSSR count). The van der Waals surface area contributed by atoms with Crippen molar-refractivity contribution in [2.75, 3.05) is 18.6 Å². The van der Waals surface area contributed by atoms with E-state index < -0.39 is 35.3 Å². The van der Waals surface area contributed by atoms with Crippen LogP contribution in [0.4, 0.5) is 5.69 Å². The first-order valence-corrected chi connectivity index (χ1v) is 12.1. The van der Waals surface area contributed by atoms with Crippen molar-refractivity contribution in [2.45, 2.75) is 45.8 Å². The number of anilines is 1. The Morgan fingerprint density at radius 1 is 1.11 bits per heavy atom. The molecule has 1 atom stereocenters. The van der Waals surface area contributed by atoms with Gasteiger partial charge in [-0.25, -0.2) is 4.79 Å². The number of thiophene rings is 1. The van der Waals surface area contributed by atoms with Crippen molar-refractivity contribution >= 4 is 46.5 Å². The third-order valence-electron chi connectivity index (χ3n) is 6.24. The predicted octanol–water partition coefficient (Wildman–Crippen LogP) is 2.75. The lowest BCUT2D eigenvalue weighted by atomic mass is 9.96. The van der Waals surface area contributed by atoms with Gasteiger partial charge in [0.05, 0.1) is 22.7 Å². The second-order valence-electron chi connectivity index (χ2n) is 9.63. The molecule has 2 aliphatic rings. The number of amides is 3. The van der Waals surface area contributed by atoms with E-state index in [1.165, 1.54) is 28.2 Å². The van der Waals surface area contributed by atoms with Crippen molar-refractivity contribution in [2.24, 2.45) is 5.41 Å². The molecule has 2 aliphatic heterocycles. The summed E-state index contributed by atoms with van der Waals surface area (Å²) in [4.78, 5) is 67.6. The van der Waals surface area contributed by atoms with Gasteiger partial charge in [0.2, 0.25) is 23.3 Å². The number of ether oxygens (including phenoxy) is 1. The highest BCUT2D eigenvalue weighted by Crippen LogP contribution is 2.44. The largest absolute Gasteiger partial charge is 0.454 e. The number of likely N-dealkylation sites (N-methyl/N-ethyl adjacent to an activating group) is 1. The molecule has 1 unspecified atom stereocenters. The average molecular weight is 498 g/mol. The maximum Gasteiger partial charge on any atom is 0.354 e. The van der Waals surface area contributed by atoms with E-state index in [1.54, 1.807) is 36.4 Å². The van der Waals surface area contributed by atoms with E-state index in [0.717, 1.165) is 4.88 Å². The molecule has 9 nitrogen and oxygen atoms in total. The number of hydrogen-bond acceptors (Lipinski definition) is 7. The number of Topliss-reactive ketones (excluding diaryl/α,β-unsaturated/α-hetero) is 1. The van der Waals surface area contributed by atoms with Gasteiger partial charge in [-0.1, -0.05) is 32.9 Å². The van der Waals surface area contributed by atoms with Crippen molar-refractivity contribution in [1.29, 1.82) is 0 Å². The molecule has 0 bridgehead atoms. The molecule has 2 aromatic rings. The summed E-state index contributed by atoms with van der Waals surface area (Å²) < 4.78 is 5.40. The first-order valence-electron chi connectivity index (χ1n) is 11.2. The summed E-state index contributed by atoms with van der Waals surface area (Å²) in [6, 6.07) is 9.98. The van der Waals surface area contributed by atoms with Crippen molar-refractivity contribution in [3.63, 3.8) is 0 Å². The van der Waals surface area contributed by atoms with Crippen molar-refractivity contribution in [3.8, 4) is 0 Å². The quantitative estimate of drug-likeness (QED) is 0.485. The highest BCUT2D eigenvalue weighted by molar-refractivity contribution is 7.14. The average Bonchev–Trinajstić information content (AvgIpc) is 3.44. The highest BCUT2D eigenvalue weighted by atomic mass is 32.1. The Bertz CT molecular complexity index is 1230. The van der Waals surface area contributed by atoms with Crippen molar-refractivity contribution in [1.82, 2.24) is 10.2 Å². The molecule has 1 saturated heterocycles. The third-order valence-corrected chi connectivity index (χ3v) is 7.37. The molecule has 0 aliphatic carbocycles. The maximum atomic E-state index is 13.3. The summed E-state index contributed by atoms with van der Waals surface area (Å²) in [5.41, 5.74) is -1.45. The lowest BCUT2D eigenvalue weighted by Crippen LogP contribution is -2.67. The third kappa shape index (κ3) is 4.22. The Morgan fingerprint density at radius 3 is 2.54 bits per heavy atom. The standard InChI is InChI=1S/C25H27N3O6S/c1-24(2,3)22(32)26-13-15-9-10-19(35-15)18(29)14-34-23(33)25-12-11-20(30)28(25)17-8-6-5-7-16(17)21(31)27(25)4/h5-10H,11-14H2,1-4H3,(H,26,32). The Kier molecular flexibility index (Phi) is 6.27. The highest BCUT2D eigenvalue weighted by Gasteiger charge is 2.60. The minimum Gasteiger partial charge on any atom is -0.454 e. The van der Waals surface area contributed by atoms with Crippen LogP contribution in [-0.2, 0) is 25.7 Å². The fourth-order valence-corrected chi connectivity index (χ4v) is 5.14. The number of esters is 1. The molecule has 10 heteroatoms. The van der Waals surface area contributed by atoms with Gasteiger partial charge in [-0.15, -0.1) is 11.3 Å². The summed E-state index contributed by atoms with van der Waals surface area (Å²) >= 11 is 1.21. The van der Waals surface area contributed by atoms with E-state index in [1.807, 2.05) is 20.8 Å². The second-order valence-corrected chi connectivity index (χ2v) is 10.8. The van der Waals surface area contributed by atoms with Gasteiger partial charge >= 0.3 is 5.97 Å². The number of rotatable bonds is 6. The molecule has 1 fully saturated rings. The van der Waals surface area contributed by atoms with Gasteiger partial charge in [0.15, 0.2) is 6.61 Å². The van der Waals surface area contributed by atoms with E-state index in [0.29, 0.717) is 22.7 Å². The fourth-order valence-electron chi connectivity index (χ4n) is 4.26. The van der Waals surface area contributed by atoms with E-state index >= 15 is 0 Å². The topological polar surface area (TPSA) is 113 Å². The maximum absolute atomic E-state index is 13.3. The van der Waals surface area contributed by atoms with Crippen molar-refractivity contribution < 1.29 is 28.7 Å². The van der Waals surface area contributed by atoms with Gasteiger partial charge in [0.25, 0.3) is 5.91 Å². The molecule has 1 aromatic heterocycles. The van der Waals surface area contributed by atoms with Crippen LogP contribution < -0.4 is 10.2 Å². The van der Waals surface area contributed by atoms with Crippen LogP contribution in [0.15, 0.2) is 36.4 Å². The number of hydrogen-bond donors (Lipinski definition) is 1. The molecule has 184 valence electrons. The smallest absolute Gasteiger partial charge is 0.354 e. The lowest BCUT2D eigenvalue weighted by molar-refractivity contribution is -0.155. The number of para-hydroxylation sites is 1. The number of fused-ring (bicyclic) bond motifs is 3. The first kappa shape index (κ1) is 24.6. The predicted molar refractivity (Wildman–Crippen MR) is 129 cm³/mol. The molecule has 0 spiro atoms. The Balaban J connectivity index is 1.46. The molecule has 0 saturated carbocycles. The van der Waals surface area contributed by atoms with Crippen LogP contribution in [0.2, 0.25) is 0 Å². The summed E-state index contributed by atoms with van der Waals surface area (Å²) in [6.07, 6.45) is 0.148. The fraction of sp³-hybridized carbons (Fsp3) is 0.400. The van der Waals surface area contributed by atoms with Crippen LogP contribution in [0.25, 0.3) is 0 Å². The summed E-state index contributed by atoms with van der Waals surface area (Å²) in [6.45, 7) is 5.21. The summed E-state index contributed by atoms with van der Waals surface area (Å²) in [5.74, 6) is -2.02. The summed E-state index contributed by atoms with van der Waals surface area (Å²) in [7, 11) is 1.46. The molecular weight excluding hydrogens is 470 g/mol. The van der Waals surface area contributed by atoms with Gasteiger partial charge in [-0.05, 0) is 24.3 Å². The van der Waals surface area contributed by atoms with Crippen LogP contribution >= 0.6 is 11.3 Å². The Morgan fingerprint density at radius 2 is 1.83 bits per heavy atom. The molecule has 35 heavy (non-hydrogen) atoms. The zero-order valence-electron chi connectivity index (χ0n) is 20.0. The van der Waals surface area contributed by atoms with Crippen LogP contribution in [0.3, 0.4) is 0 Å². The van der Waals surface area contributed by atoms with Gasteiger partial charge in [-0.3, -0.25) is 24.1 Å². The lowest BCUT2D eigenvalue weighted by Gasteiger charge is -2.46. The van der Waals surface area contributed by atoms with Gasteiger partial charge in [0.1, 0.15) is 0 Å². The van der Waals surface area contributed by atoms with Crippen LogP contribution in [0.5, 0.6) is 0 Å². The summed E-state index contributed by atoms with van der Waals surface area (Å²) in [5, 5.41) is 2.83. The molecular formula is C25H27N3O6S. The van der Waals surface area contributed by atoms with E-state index in [2.05, 4.69) is 5.32 Å². The number of benzene rings is 1. The van der Waals surface area contributed by atoms with Gasteiger partial charge in [0, 0.05) is 30.2 Å². The minimum atomic E-state index is -1.62. The molecule has 3 amide bonds. The minimum absolute atomic E-state index is 0.0730. The zero-order chi connectivity index (χ0) is 25.5. The number of carbonyl (C=O) groups is 5. The monoisotopic (exact) mass is 497 g/mol. The molecule has 1 aromatic carbocycles. The van der Waals surface area contributed by atoms with Crippen LogP contribution in [0.1, 0.15) is 58.5 Å². The van der Waals surface area contributed by atoms with E-state index in [4.69, 9.17) is 4.74 Å². The SMILES string of the molecule is CN1C(=O)c2ccccc2N2C(=O)CCC12C(=O)OCC(=O)c1ccc(CNC(=O)C(C)(C)C)s1. The van der Waals surface area contributed by atoms with E-state index in [-0.39, 0.29) is 24.7 Å². The normalized spacial score (nSPS) is 19.3. The van der Waals surface area contributed by atoms with Gasteiger partial charge < -0.3 is 15.0 Å². The Hall–Kier alpha value is -3.53. The van der Waals surface area contributed by atoms with Crippen molar-refractivity contribution in [3.05, 3.63) is 51.7 Å². The van der Waals surface area contributed by atoms with Crippen LogP contribution in [0, 0.1) is 5.41 Å². The zero-order valence-corrected chi connectivity index (χ0v) is 20.9. The second kappa shape index (κ2) is 8.92. The molecule has 3 heterocycles. The number of carbonyl (C=O) groups excluding carboxylic acids is 5. The first-order chi connectivity index (χ1) is 16.5. The van der Waals surface area contributed by atoms with Crippen LogP contribution in [-0.4, -0.2) is 53.7 Å². The number of nitrogens with one attached hydrogen (secondary N) is 1. The Labute approximate surface area is 207 Å². The number of ketones is 1. The molecule has 1 N–H and O–H groups in total.